The van der Waals surface area contributed by atoms with Gasteiger partial charge in [0.1, 0.15) is 0 Å². The zero-order valence-electron chi connectivity index (χ0n) is 11.2. The minimum atomic E-state index is -0.508. The third-order valence-electron chi connectivity index (χ3n) is 3.34. The van der Waals surface area contributed by atoms with Crippen LogP contribution in [0, 0.1) is 0 Å². The number of aromatic nitrogens is 2. The number of nitrogens with two attached hydrogens (primary N) is 1. The van der Waals surface area contributed by atoms with Crippen LogP contribution in [0.15, 0.2) is 24.3 Å². The molecule has 4 N–H and O–H groups in total. The third-order valence-corrected chi connectivity index (χ3v) is 3.34. The SMILES string of the molecule is NC(=O)c1ccc(NC(=O)c2n[nH]c3c2COCC3)cc1. The minimum absolute atomic E-state index is 0.315. The van der Waals surface area contributed by atoms with Crippen LogP contribution in [-0.2, 0) is 17.8 Å². The molecule has 7 nitrogen and oxygen atoms in total. The van der Waals surface area contributed by atoms with Gasteiger partial charge in [0.05, 0.1) is 13.2 Å². The molecule has 1 aromatic heterocycles. The fourth-order valence-electron chi connectivity index (χ4n) is 2.21. The highest BCUT2D eigenvalue weighted by Crippen LogP contribution is 2.19. The Labute approximate surface area is 120 Å². The van der Waals surface area contributed by atoms with Crippen molar-refractivity contribution >= 4 is 17.5 Å². The first-order valence-corrected chi connectivity index (χ1v) is 6.50. The van der Waals surface area contributed by atoms with Crippen LogP contribution in [0.5, 0.6) is 0 Å². The first kappa shape index (κ1) is 13.3. The minimum Gasteiger partial charge on any atom is -0.376 e. The number of primary amides is 1. The number of rotatable bonds is 3. The predicted octanol–water partition coefficient (Wildman–Crippen LogP) is 0.834. The number of nitrogens with one attached hydrogen (secondary N) is 2. The lowest BCUT2D eigenvalue weighted by atomic mass is 10.1. The van der Waals surface area contributed by atoms with Gasteiger partial charge in [0.2, 0.25) is 5.91 Å². The number of benzene rings is 1. The predicted molar refractivity (Wildman–Crippen MR) is 74.9 cm³/mol. The molecular formula is C14H14N4O3. The molecule has 108 valence electrons. The topological polar surface area (TPSA) is 110 Å². The van der Waals surface area contributed by atoms with Gasteiger partial charge in [-0.05, 0) is 24.3 Å². The summed E-state index contributed by atoms with van der Waals surface area (Å²) < 4.78 is 5.35. The Hall–Kier alpha value is -2.67. The van der Waals surface area contributed by atoms with Gasteiger partial charge in [0.15, 0.2) is 5.69 Å². The van der Waals surface area contributed by atoms with Crippen molar-refractivity contribution in [2.24, 2.45) is 5.73 Å². The molecule has 1 aromatic carbocycles. The lowest BCUT2D eigenvalue weighted by Gasteiger charge is -2.12. The number of fused-ring (bicyclic) bond motifs is 1. The summed E-state index contributed by atoms with van der Waals surface area (Å²) in [5, 5.41) is 9.64. The van der Waals surface area contributed by atoms with Crippen molar-refractivity contribution in [2.75, 3.05) is 11.9 Å². The molecule has 0 saturated carbocycles. The smallest absolute Gasteiger partial charge is 0.276 e. The van der Waals surface area contributed by atoms with E-state index >= 15 is 0 Å². The number of amides is 2. The molecule has 2 aromatic rings. The Bertz CT molecular complexity index is 691. The molecular weight excluding hydrogens is 272 g/mol. The van der Waals surface area contributed by atoms with Crippen LogP contribution >= 0.6 is 0 Å². The van der Waals surface area contributed by atoms with E-state index in [1.165, 1.54) is 0 Å². The van der Waals surface area contributed by atoms with Crippen molar-refractivity contribution in [3.05, 3.63) is 46.8 Å². The average molecular weight is 286 g/mol. The number of carbonyl (C=O) groups is 2. The maximum atomic E-state index is 12.2. The Morgan fingerprint density at radius 3 is 2.76 bits per heavy atom. The van der Waals surface area contributed by atoms with Crippen LogP contribution in [-0.4, -0.2) is 28.6 Å². The van der Waals surface area contributed by atoms with Crippen LogP contribution < -0.4 is 11.1 Å². The number of ether oxygens (including phenoxy) is 1. The summed E-state index contributed by atoms with van der Waals surface area (Å²) in [6, 6.07) is 6.35. The standard InChI is InChI=1S/C14H14N4O3/c15-13(19)8-1-3-9(4-2-8)16-14(20)12-10-7-21-6-5-11(10)17-18-12/h1-4H,5-7H2,(H2,15,19)(H,16,20)(H,17,18). The number of anilines is 1. The van der Waals surface area contributed by atoms with Crippen LogP contribution in [0.25, 0.3) is 0 Å². The first-order valence-electron chi connectivity index (χ1n) is 6.50. The van der Waals surface area contributed by atoms with E-state index in [0.717, 1.165) is 17.7 Å². The Morgan fingerprint density at radius 2 is 2.05 bits per heavy atom. The van der Waals surface area contributed by atoms with E-state index in [1.807, 2.05) is 0 Å². The van der Waals surface area contributed by atoms with Gasteiger partial charge in [-0.2, -0.15) is 5.10 Å². The zero-order valence-corrected chi connectivity index (χ0v) is 11.2. The lowest BCUT2D eigenvalue weighted by molar-refractivity contribution is 0.0983. The number of H-pyrrole nitrogens is 1. The summed E-state index contributed by atoms with van der Waals surface area (Å²) >= 11 is 0. The maximum Gasteiger partial charge on any atom is 0.276 e. The highest BCUT2D eigenvalue weighted by molar-refractivity contribution is 6.04. The van der Waals surface area contributed by atoms with E-state index in [0.29, 0.717) is 30.2 Å². The summed E-state index contributed by atoms with van der Waals surface area (Å²) in [4.78, 5) is 23.2. The summed E-state index contributed by atoms with van der Waals surface area (Å²) in [5.41, 5.74) is 8.20. The fourth-order valence-corrected chi connectivity index (χ4v) is 2.21. The highest BCUT2D eigenvalue weighted by Gasteiger charge is 2.22. The van der Waals surface area contributed by atoms with Gasteiger partial charge in [0, 0.05) is 28.9 Å². The molecule has 0 aliphatic carbocycles. The molecule has 0 spiro atoms. The van der Waals surface area contributed by atoms with Crippen LogP contribution in [0.1, 0.15) is 32.1 Å². The van der Waals surface area contributed by atoms with E-state index in [1.54, 1.807) is 24.3 Å². The van der Waals surface area contributed by atoms with Gasteiger partial charge in [-0.15, -0.1) is 0 Å². The van der Waals surface area contributed by atoms with Crippen LogP contribution in [0.4, 0.5) is 5.69 Å². The molecule has 2 amide bonds. The molecule has 0 fully saturated rings. The second kappa shape index (κ2) is 5.37. The van der Waals surface area contributed by atoms with E-state index < -0.39 is 5.91 Å². The monoisotopic (exact) mass is 286 g/mol. The molecule has 0 unspecified atom stereocenters. The van der Waals surface area contributed by atoms with Gasteiger partial charge < -0.3 is 15.8 Å². The van der Waals surface area contributed by atoms with Crippen molar-refractivity contribution in [3.63, 3.8) is 0 Å². The molecule has 2 heterocycles. The van der Waals surface area contributed by atoms with Crippen molar-refractivity contribution < 1.29 is 14.3 Å². The van der Waals surface area contributed by atoms with E-state index in [4.69, 9.17) is 10.5 Å². The second-order valence-corrected chi connectivity index (χ2v) is 4.73. The number of nitrogens with zero attached hydrogens (tertiary/aromatic N) is 1. The molecule has 0 radical (unpaired) electrons. The number of aromatic amines is 1. The van der Waals surface area contributed by atoms with Gasteiger partial charge in [-0.3, -0.25) is 14.7 Å². The Balaban J connectivity index is 1.77. The zero-order chi connectivity index (χ0) is 14.8. The summed E-state index contributed by atoms with van der Waals surface area (Å²) in [6.07, 6.45) is 0.725. The second-order valence-electron chi connectivity index (χ2n) is 4.73. The lowest BCUT2D eigenvalue weighted by Crippen LogP contribution is -2.17. The third kappa shape index (κ3) is 2.63. The maximum absolute atomic E-state index is 12.2. The fraction of sp³-hybridized carbons (Fsp3) is 0.214. The van der Waals surface area contributed by atoms with Crippen molar-refractivity contribution in [1.82, 2.24) is 10.2 Å². The van der Waals surface area contributed by atoms with Crippen molar-refractivity contribution in [2.45, 2.75) is 13.0 Å². The first-order chi connectivity index (χ1) is 10.1. The van der Waals surface area contributed by atoms with Gasteiger partial charge in [-0.1, -0.05) is 0 Å². The molecule has 1 aliphatic rings. The summed E-state index contributed by atoms with van der Waals surface area (Å²) in [5.74, 6) is -0.823. The van der Waals surface area contributed by atoms with E-state index in [9.17, 15) is 9.59 Å². The Kier molecular flexibility index (Phi) is 3.41. The van der Waals surface area contributed by atoms with Crippen molar-refractivity contribution in [3.8, 4) is 0 Å². The highest BCUT2D eigenvalue weighted by atomic mass is 16.5. The number of hydrogen-bond donors (Lipinski definition) is 3. The molecule has 3 rings (SSSR count). The average Bonchev–Trinajstić information content (AvgIpc) is 2.92. The largest absolute Gasteiger partial charge is 0.376 e. The van der Waals surface area contributed by atoms with Crippen molar-refractivity contribution in [1.29, 1.82) is 0 Å². The van der Waals surface area contributed by atoms with E-state index in [2.05, 4.69) is 15.5 Å². The van der Waals surface area contributed by atoms with E-state index in [-0.39, 0.29) is 5.91 Å². The van der Waals surface area contributed by atoms with Gasteiger partial charge >= 0.3 is 0 Å². The summed E-state index contributed by atoms with van der Waals surface area (Å²) in [6.45, 7) is 1.01. The molecule has 0 atom stereocenters. The molecule has 7 heteroatoms. The quantitative estimate of drug-likeness (QED) is 0.776. The molecule has 21 heavy (non-hydrogen) atoms. The number of hydrogen-bond acceptors (Lipinski definition) is 4. The molecule has 0 bridgehead atoms. The molecule has 1 aliphatic heterocycles. The Morgan fingerprint density at radius 1 is 1.29 bits per heavy atom. The number of carbonyl (C=O) groups excluding carboxylic acids is 2. The normalized spacial score (nSPS) is 13.5. The molecule has 0 saturated heterocycles. The summed E-state index contributed by atoms with van der Waals surface area (Å²) in [7, 11) is 0. The van der Waals surface area contributed by atoms with Gasteiger partial charge in [0.25, 0.3) is 5.91 Å². The van der Waals surface area contributed by atoms with Gasteiger partial charge in [-0.25, -0.2) is 0 Å². The van der Waals surface area contributed by atoms with Crippen LogP contribution in [0.2, 0.25) is 0 Å². The van der Waals surface area contributed by atoms with Crippen LogP contribution in [0.3, 0.4) is 0 Å².